The molecule has 1 N–H and O–H groups in total. The Morgan fingerprint density at radius 1 is 1.37 bits per heavy atom. The highest BCUT2D eigenvalue weighted by molar-refractivity contribution is 5.82. The number of hydrogen-bond donors (Lipinski definition) is 1. The SMILES string of the molecule is CCC(C)NC(C)(C(=O)OC)c1cc(F)cc(F)c1. The number of carbonyl (C=O) groups is 1. The van der Waals surface area contributed by atoms with Crippen LogP contribution in [0.15, 0.2) is 18.2 Å². The Labute approximate surface area is 112 Å². The van der Waals surface area contributed by atoms with Gasteiger partial charge in [0.25, 0.3) is 0 Å². The van der Waals surface area contributed by atoms with Crippen LogP contribution < -0.4 is 5.32 Å². The average molecular weight is 271 g/mol. The second-order valence-corrected chi connectivity index (χ2v) is 4.73. The van der Waals surface area contributed by atoms with Crippen LogP contribution in [0.25, 0.3) is 0 Å². The van der Waals surface area contributed by atoms with Gasteiger partial charge in [-0.15, -0.1) is 0 Å². The number of nitrogens with one attached hydrogen (secondary N) is 1. The first-order chi connectivity index (χ1) is 8.83. The van der Waals surface area contributed by atoms with E-state index < -0.39 is 23.1 Å². The maximum atomic E-state index is 13.3. The summed E-state index contributed by atoms with van der Waals surface area (Å²) in [5.74, 6) is -2.04. The Morgan fingerprint density at radius 2 is 1.89 bits per heavy atom. The van der Waals surface area contributed by atoms with Gasteiger partial charge in [-0.3, -0.25) is 5.32 Å². The van der Waals surface area contributed by atoms with Crippen LogP contribution in [0.4, 0.5) is 8.78 Å². The predicted octanol–water partition coefficient (Wildman–Crippen LogP) is 2.74. The van der Waals surface area contributed by atoms with Gasteiger partial charge in [0.15, 0.2) is 0 Å². The largest absolute Gasteiger partial charge is 0.467 e. The van der Waals surface area contributed by atoms with E-state index in [2.05, 4.69) is 5.32 Å². The highest BCUT2D eigenvalue weighted by Gasteiger charge is 2.37. The summed E-state index contributed by atoms with van der Waals surface area (Å²) in [6, 6.07) is 3.03. The molecule has 1 rings (SSSR count). The minimum Gasteiger partial charge on any atom is -0.467 e. The number of ether oxygens (including phenoxy) is 1. The summed E-state index contributed by atoms with van der Waals surface area (Å²) in [5, 5.41) is 3.06. The number of carbonyl (C=O) groups excluding carboxylic acids is 1. The molecule has 0 heterocycles. The summed E-state index contributed by atoms with van der Waals surface area (Å²) in [5.41, 5.74) is -1.08. The molecular weight excluding hydrogens is 252 g/mol. The summed E-state index contributed by atoms with van der Waals surface area (Å²) < 4.78 is 31.4. The van der Waals surface area contributed by atoms with Gasteiger partial charge in [0.05, 0.1) is 7.11 Å². The molecule has 0 spiro atoms. The molecule has 0 saturated heterocycles. The summed E-state index contributed by atoms with van der Waals surface area (Å²) >= 11 is 0. The van der Waals surface area contributed by atoms with Crippen molar-refractivity contribution in [3.8, 4) is 0 Å². The second-order valence-electron chi connectivity index (χ2n) is 4.73. The van der Waals surface area contributed by atoms with Gasteiger partial charge in [-0.05, 0) is 38.0 Å². The minimum atomic E-state index is -1.28. The fourth-order valence-corrected chi connectivity index (χ4v) is 1.90. The van der Waals surface area contributed by atoms with Crippen molar-refractivity contribution < 1.29 is 18.3 Å². The Kier molecular flexibility index (Phi) is 5.00. The van der Waals surface area contributed by atoms with E-state index in [1.54, 1.807) is 6.92 Å². The molecule has 5 heteroatoms. The quantitative estimate of drug-likeness (QED) is 0.837. The zero-order valence-electron chi connectivity index (χ0n) is 11.6. The van der Waals surface area contributed by atoms with Crippen LogP contribution >= 0.6 is 0 Å². The molecule has 0 aromatic heterocycles. The lowest BCUT2D eigenvalue weighted by molar-refractivity contribution is -0.148. The van der Waals surface area contributed by atoms with E-state index in [1.807, 2.05) is 13.8 Å². The van der Waals surface area contributed by atoms with Gasteiger partial charge in [-0.2, -0.15) is 0 Å². The lowest BCUT2D eigenvalue weighted by atomic mass is 9.90. The van der Waals surface area contributed by atoms with Gasteiger partial charge in [-0.25, -0.2) is 13.6 Å². The van der Waals surface area contributed by atoms with Crippen molar-refractivity contribution in [2.75, 3.05) is 7.11 Å². The molecule has 0 aliphatic rings. The second kappa shape index (κ2) is 6.10. The van der Waals surface area contributed by atoms with Gasteiger partial charge >= 0.3 is 5.97 Å². The molecule has 0 fully saturated rings. The van der Waals surface area contributed by atoms with E-state index in [4.69, 9.17) is 4.74 Å². The number of halogens is 2. The molecule has 1 aromatic carbocycles. The zero-order chi connectivity index (χ0) is 14.6. The Bertz CT molecular complexity index is 445. The first-order valence-electron chi connectivity index (χ1n) is 6.16. The minimum absolute atomic E-state index is 0.00423. The summed E-state index contributed by atoms with van der Waals surface area (Å²) in [7, 11) is 1.24. The molecule has 0 bridgehead atoms. The molecule has 3 nitrogen and oxygen atoms in total. The van der Waals surface area contributed by atoms with E-state index in [1.165, 1.54) is 7.11 Å². The van der Waals surface area contributed by atoms with Gasteiger partial charge in [-0.1, -0.05) is 6.92 Å². The smallest absolute Gasteiger partial charge is 0.330 e. The van der Waals surface area contributed by atoms with Crippen LogP contribution in [0, 0.1) is 11.6 Å². The molecular formula is C14H19F2NO2. The van der Waals surface area contributed by atoms with Crippen LogP contribution in [-0.2, 0) is 15.1 Å². The van der Waals surface area contributed by atoms with Crippen LogP contribution in [-0.4, -0.2) is 19.1 Å². The summed E-state index contributed by atoms with van der Waals surface area (Å²) in [6.45, 7) is 5.39. The number of methoxy groups -OCH3 is 1. The normalized spacial score (nSPS) is 15.7. The van der Waals surface area contributed by atoms with Crippen molar-refractivity contribution in [2.45, 2.75) is 38.8 Å². The number of hydrogen-bond acceptors (Lipinski definition) is 3. The topological polar surface area (TPSA) is 38.3 Å². The molecule has 2 unspecified atom stereocenters. The lowest BCUT2D eigenvalue weighted by Gasteiger charge is -2.31. The maximum absolute atomic E-state index is 13.3. The van der Waals surface area contributed by atoms with Crippen LogP contribution in [0.1, 0.15) is 32.8 Å². The van der Waals surface area contributed by atoms with Gasteiger partial charge < -0.3 is 4.74 Å². The fraction of sp³-hybridized carbons (Fsp3) is 0.500. The zero-order valence-corrected chi connectivity index (χ0v) is 11.6. The Morgan fingerprint density at radius 3 is 2.32 bits per heavy atom. The van der Waals surface area contributed by atoms with Gasteiger partial charge in [0, 0.05) is 12.1 Å². The molecule has 0 aliphatic carbocycles. The fourth-order valence-electron chi connectivity index (χ4n) is 1.90. The van der Waals surface area contributed by atoms with Crippen molar-refractivity contribution in [3.63, 3.8) is 0 Å². The number of rotatable bonds is 5. The highest BCUT2D eigenvalue weighted by atomic mass is 19.1. The molecule has 0 aliphatic heterocycles. The molecule has 0 amide bonds. The third-order valence-corrected chi connectivity index (χ3v) is 3.18. The van der Waals surface area contributed by atoms with E-state index >= 15 is 0 Å². The van der Waals surface area contributed by atoms with Crippen molar-refractivity contribution in [1.29, 1.82) is 0 Å². The molecule has 2 atom stereocenters. The van der Waals surface area contributed by atoms with Crippen LogP contribution in [0.5, 0.6) is 0 Å². The van der Waals surface area contributed by atoms with Crippen molar-refractivity contribution in [1.82, 2.24) is 5.32 Å². The molecule has 0 radical (unpaired) electrons. The van der Waals surface area contributed by atoms with Crippen molar-refractivity contribution >= 4 is 5.97 Å². The Hall–Kier alpha value is -1.49. The highest BCUT2D eigenvalue weighted by Crippen LogP contribution is 2.25. The first kappa shape index (κ1) is 15.6. The monoisotopic (exact) mass is 271 g/mol. The third-order valence-electron chi connectivity index (χ3n) is 3.18. The van der Waals surface area contributed by atoms with Gasteiger partial charge in [0.1, 0.15) is 17.2 Å². The summed E-state index contributed by atoms with van der Waals surface area (Å²) in [4.78, 5) is 12.0. The predicted molar refractivity (Wildman–Crippen MR) is 68.6 cm³/mol. The van der Waals surface area contributed by atoms with E-state index in [-0.39, 0.29) is 11.6 Å². The summed E-state index contributed by atoms with van der Waals surface area (Å²) in [6.07, 6.45) is 0.768. The Balaban J connectivity index is 3.26. The van der Waals surface area contributed by atoms with Crippen molar-refractivity contribution in [3.05, 3.63) is 35.4 Å². The number of benzene rings is 1. The standard InChI is InChI=1S/C14H19F2NO2/c1-5-9(2)17-14(3,13(18)19-4)10-6-11(15)8-12(16)7-10/h6-9,17H,5H2,1-4H3. The van der Waals surface area contributed by atoms with Crippen LogP contribution in [0.3, 0.4) is 0 Å². The van der Waals surface area contributed by atoms with E-state index in [0.29, 0.717) is 0 Å². The first-order valence-corrected chi connectivity index (χ1v) is 6.16. The van der Waals surface area contributed by atoms with E-state index in [0.717, 1.165) is 24.6 Å². The molecule has 19 heavy (non-hydrogen) atoms. The molecule has 0 saturated carbocycles. The lowest BCUT2D eigenvalue weighted by Crippen LogP contribution is -2.51. The van der Waals surface area contributed by atoms with E-state index in [9.17, 15) is 13.6 Å². The number of esters is 1. The average Bonchev–Trinajstić information content (AvgIpc) is 2.36. The van der Waals surface area contributed by atoms with Gasteiger partial charge in [0.2, 0.25) is 0 Å². The van der Waals surface area contributed by atoms with Crippen molar-refractivity contribution in [2.24, 2.45) is 0 Å². The maximum Gasteiger partial charge on any atom is 0.330 e. The molecule has 106 valence electrons. The third kappa shape index (κ3) is 3.50. The molecule has 1 aromatic rings. The van der Waals surface area contributed by atoms with Crippen LogP contribution in [0.2, 0.25) is 0 Å².